The van der Waals surface area contributed by atoms with E-state index in [2.05, 4.69) is 25.4 Å². The Kier molecular flexibility index (Phi) is 26.1. The van der Waals surface area contributed by atoms with E-state index in [1.807, 2.05) is 0 Å². The predicted octanol–water partition coefficient (Wildman–Crippen LogP) is -1.38. The van der Waals surface area contributed by atoms with Crippen molar-refractivity contribution in [1.82, 2.24) is 10.6 Å². The second kappa shape index (κ2) is 32.4. The Balaban J connectivity index is 0.000000328. The van der Waals surface area contributed by atoms with Gasteiger partial charge in [0, 0.05) is 55.7 Å². The summed E-state index contributed by atoms with van der Waals surface area (Å²) >= 11 is 0. The number of fused-ring (bicyclic) bond motifs is 2. The lowest BCUT2D eigenvalue weighted by Gasteiger charge is -2.40. The second-order valence-corrected chi connectivity index (χ2v) is 21.6. The van der Waals surface area contributed by atoms with Crippen LogP contribution in [0, 0.1) is 13.8 Å². The van der Waals surface area contributed by atoms with Gasteiger partial charge in [-0.25, -0.2) is 9.59 Å². The molecule has 2 aromatic carbocycles. The molecule has 14 atom stereocenters. The van der Waals surface area contributed by atoms with Gasteiger partial charge in [0.2, 0.25) is 11.8 Å². The van der Waals surface area contributed by atoms with Crippen LogP contribution in [0.25, 0.3) is 21.9 Å². The molecule has 2 aliphatic heterocycles. The van der Waals surface area contributed by atoms with Crippen LogP contribution in [0.1, 0.15) is 112 Å². The maximum Gasteiger partial charge on any atom is 0.326 e. The average molecular weight is 1280 g/mol. The highest BCUT2D eigenvalue weighted by Crippen LogP contribution is 2.43. The lowest BCUT2D eigenvalue weighted by Crippen LogP contribution is -2.55. The molecule has 2 aliphatic rings. The first-order valence-corrected chi connectivity index (χ1v) is 28.2. The number of rotatable bonds is 28. The van der Waals surface area contributed by atoms with Gasteiger partial charge in [-0.3, -0.25) is 43.5 Å². The summed E-state index contributed by atoms with van der Waals surface area (Å²) in [6.45, 7) is 6.19. The normalized spacial score (nSPS) is 23.3. The lowest BCUT2D eigenvalue weighted by atomic mass is 9.89. The lowest BCUT2D eigenvalue weighted by molar-refractivity contribution is -0.231. The van der Waals surface area contributed by atoms with Crippen molar-refractivity contribution in [3.8, 4) is 11.5 Å². The van der Waals surface area contributed by atoms with Crippen molar-refractivity contribution in [2.24, 2.45) is 9.98 Å². The summed E-state index contributed by atoms with van der Waals surface area (Å²) < 4.78 is 27.8. The van der Waals surface area contributed by atoms with E-state index in [0.717, 1.165) is 12.1 Å². The first kappa shape index (κ1) is 72.4. The number of carboxylic acids is 4. The van der Waals surface area contributed by atoms with Crippen molar-refractivity contribution in [3.63, 3.8) is 0 Å². The predicted molar refractivity (Wildman–Crippen MR) is 309 cm³/mol. The number of hydrogen-bond acceptors (Lipinski definition) is 26. The zero-order chi connectivity index (χ0) is 67.2. The van der Waals surface area contributed by atoms with Gasteiger partial charge in [0.25, 0.3) is 6.47 Å². The number of benzene rings is 2. The number of nitrogens with zero attached hydrogens (tertiary/aromatic N) is 2. The van der Waals surface area contributed by atoms with Crippen molar-refractivity contribution < 1.29 is 128 Å². The number of hydrogen-bond donors (Lipinski definition) is 16. The number of phenols is 2. The van der Waals surface area contributed by atoms with Gasteiger partial charge < -0.3 is 105 Å². The third kappa shape index (κ3) is 18.0. The molecule has 32 nitrogen and oxygen atoms in total. The number of aliphatic imine (C=N–C) groups is 2. The topological polar surface area (TPSA) is 540 Å². The van der Waals surface area contributed by atoms with Gasteiger partial charge in [-0.05, 0) is 70.2 Å². The summed E-state index contributed by atoms with van der Waals surface area (Å²) in [6, 6.07) is -0.502. The van der Waals surface area contributed by atoms with E-state index in [1.165, 1.54) is 39.8 Å². The first-order chi connectivity index (χ1) is 42.4. The number of nitrogens with one attached hydrogen (secondary N) is 2. The molecular formula is C58H74N4O28. The van der Waals surface area contributed by atoms with Gasteiger partial charge in [-0.1, -0.05) is 13.3 Å². The maximum absolute atomic E-state index is 13.2. The molecule has 0 spiro atoms. The summed E-state index contributed by atoms with van der Waals surface area (Å²) in [5.41, 5.74) is -0.897. The zero-order valence-corrected chi connectivity index (χ0v) is 49.3. The highest BCUT2D eigenvalue weighted by atomic mass is 16.6. The molecule has 16 N–H and O–H groups in total. The fourth-order valence-electron chi connectivity index (χ4n) is 10.3. The van der Waals surface area contributed by atoms with E-state index in [0.29, 0.717) is 17.5 Å². The monoisotopic (exact) mass is 1270 g/mol. The fraction of sp³-hybridized carbons (Fsp3) is 0.534. The Labute approximate surface area is 510 Å². The van der Waals surface area contributed by atoms with E-state index in [1.54, 1.807) is 6.92 Å². The van der Waals surface area contributed by atoms with Gasteiger partial charge in [-0.2, -0.15) is 0 Å². The molecule has 6 rings (SSSR count). The third-order valence-electron chi connectivity index (χ3n) is 14.8. The largest absolute Gasteiger partial charge is 0.507 e. The number of amides is 2. The molecular weight excluding hydrogens is 1200 g/mol. The molecule has 4 heterocycles. The van der Waals surface area contributed by atoms with Crippen molar-refractivity contribution in [3.05, 3.63) is 78.5 Å². The molecule has 0 aliphatic carbocycles. The summed E-state index contributed by atoms with van der Waals surface area (Å²) in [5.74, 6) is -7.77. The van der Waals surface area contributed by atoms with Crippen LogP contribution in [0.5, 0.6) is 11.5 Å². The molecule has 2 fully saturated rings. The van der Waals surface area contributed by atoms with E-state index in [9.17, 15) is 104 Å². The van der Waals surface area contributed by atoms with E-state index in [-0.39, 0.29) is 101 Å². The summed E-state index contributed by atoms with van der Waals surface area (Å²) in [4.78, 5) is 117. The quantitative estimate of drug-likeness (QED) is 0.0177. The van der Waals surface area contributed by atoms with Gasteiger partial charge in [0.05, 0.1) is 41.7 Å². The van der Waals surface area contributed by atoms with Crippen LogP contribution < -0.4 is 21.5 Å². The number of aliphatic carboxylic acids is 4. The summed E-state index contributed by atoms with van der Waals surface area (Å²) in [5, 5.41) is 145. The summed E-state index contributed by atoms with van der Waals surface area (Å²) in [7, 11) is 0. The van der Waals surface area contributed by atoms with E-state index < -0.39 is 176 Å². The number of aryl methyl sites for hydroxylation is 2. The van der Waals surface area contributed by atoms with Crippen LogP contribution in [0.3, 0.4) is 0 Å². The summed E-state index contributed by atoms with van der Waals surface area (Å²) in [6.07, 6.45) is -17.6. The standard InChI is InChI=1S/C29H36N2O15.C29H38N2O13/c1-12-7-17(34)22(27-25(40)24(39)23(38)19(10-32)46-27)26-21(12)18(35)9-14(45-26)8-13(2)30-15(5-6-44-11-33)28(41)31-16(29(42)43)3-4-20(36)37;1-4-5-16(29(41)42)31-28(40)15(6-7-20(35)36)30-13(3)9-14-10-18(34)21-12(2)8-17(33)22(26(21)43-14)27-25(39)24(38)23(37)19(11-32)44-27/h7,9,11,15-16,19,23-25,27,32,34,38-40H,3-6,8,10H2,1-2H3,(H,31,41)(H,36,37)(H,42,43);8,10,15-16,19,23-25,27,32-33,37-39H,4-7,9,11H2,1-3H3,(H,31,40)(H,35,36)(H,41,42). The van der Waals surface area contributed by atoms with Gasteiger partial charge in [-0.15, -0.1) is 0 Å². The third-order valence-corrected chi connectivity index (χ3v) is 14.8. The first-order valence-electron chi connectivity index (χ1n) is 28.2. The second-order valence-electron chi connectivity index (χ2n) is 21.6. The Morgan fingerprint density at radius 2 is 0.978 bits per heavy atom. The number of phenolic OH excluding ortho intramolecular Hbond substituents is 2. The van der Waals surface area contributed by atoms with Crippen LogP contribution in [0.2, 0.25) is 0 Å². The Hall–Kier alpha value is -8.31. The van der Waals surface area contributed by atoms with Crippen LogP contribution in [0.4, 0.5) is 0 Å². The number of carbonyl (C=O) groups excluding carboxylic acids is 3. The SMILES string of the molecule is CC(Cc1cc(=O)c2c(C)cc(O)c(C3OC(CO)C(O)C(O)C3O)c2o1)=NC(CCOC=O)C(=O)NC(CCC(=O)O)C(=O)O.CCCC(NC(=O)C(CCC(=O)O)N=C(C)Cc1cc(=O)c2c(C)cc(O)c(C3OC(CO)C(O)C(O)C3O)c2o1)C(=O)O. The minimum absolute atomic E-state index is 0.00591. The fourth-order valence-corrected chi connectivity index (χ4v) is 10.3. The number of aliphatic hydroxyl groups is 8. The van der Waals surface area contributed by atoms with Gasteiger partial charge in [0.1, 0.15) is 119 Å². The molecule has 90 heavy (non-hydrogen) atoms. The van der Waals surface area contributed by atoms with E-state index >= 15 is 0 Å². The highest BCUT2D eigenvalue weighted by Gasteiger charge is 2.47. The number of carboxylic acid groups (broad SMARTS) is 4. The molecule has 0 radical (unpaired) electrons. The molecule has 2 aromatic heterocycles. The number of aliphatic hydroxyl groups excluding tert-OH is 8. The molecule has 14 unspecified atom stereocenters. The molecule has 2 amide bonds. The molecule has 0 bridgehead atoms. The molecule has 494 valence electrons. The number of ether oxygens (including phenoxy) is 3. The molecule has 4 aromatic rings. The number of carbonyl (C=O) groups is 7. The molecule has 0 saturated carbocycles. The smallest absolute Gasteiger partial charge is 0.326 e. The Morgan fingerprint density at radius 3 is 1.34 bits per heavy atom. The Bertz CT molecular complexity index is 3450. The van der Waals surface area contributed by atoms with Crippen molar-refractivity contribution >= 4 is 75.5 Å². The zero-order valence-electron chi connectivity index (χ0n) is 49.3. The molecule has 32 heteroatoms. The Morgan fingerprint density at radius 1 is 0.589 bits per heavy atom. The average Bonchev–Trinajstić information content (AvgIpc) is 0.759. The molecule has 2 saturated heterocycles. The minimum atomic E-state index is -1.80. The van der Waals surface area contributed by atoms with Crippen LogP contribution in [-0.2, 0) is 60.6 Å². The van der Waals surface area contributed by atoms with Crippen LogP contribution in [0.15, 0.2) is 52.7 Å². The number of aromatic hydroxyl groups is 2. The van der Waals surface area contributed by atoms with Crippen LogP contribution >= 0.6 is 0 Å². The van der Waals surface area contributed by atoms with Crippen molar-refractivity contribution in [1.29, 1.82) is 0 Å². The van der Waals surface area contributed by atoms with Gasteiger partial charge in [0.15, 0.2) is 10.9 Å². The van der Waals surface area contributed by atoms with Crippen molar-refractivity contribution in [2.75, 3.05) is 19.8 Å². The van der Waals surface area contributed by atoms with Crippen molar-refractivity contribution in [2.45, 2.75) is 178 Å². The van der Waals surface area contributed by atoms with Crippen LogP contribution in [-0.4, -0.2) is 218 Å². The maximum atomic E-state index is 13.2. The highest BCUT2D eigenvalue weighted by molar-refractivity contribution is 5.93. The van der Waals surface area contributed by atoms with E-state index in [4.69, 9.17) is 28.5 Å². The minimum Gasteiger partial charge on any atom is -0.507 e. The van der Waals surface area contributed by atoms with Gasteiger partial charge >= 0.3 is 23.9 Å².